The summed E-state index contributed by atoms with van der Waals surface area (Å²) in [6, 6.07) is 9.06. The highest BCUT2D eigenvalue weighted by Gasteiger charge is 2.31. The summed E-state index contributed by atoms with van der Waals surface area (Å²) in [5.41, 5.74) is -0.0982. The summed E-state index contributed by atoms with van der Waals surface area (Å²) in [5.74, 6) is 1.10. The molecule has 1 atom stereocenters. The van der Waals surface area contributed by atoms with Gasteiger partial charge in [0, 0.05) is 20.9 Å². The Balaban J connectivity index is 1.70. The van der Waals surface area contributed by atoms with Crippen molar-refractivity contribution >= 4 is 27.7 Å². The summed E-state index contributed by atoms with van der Waals surface area (Å²) >= 11 is 5.37. The summed E-state index contributed by atoms with van der Waals surface area (Å²) in [6.45, 7) is 2.36. The van der Waals surface area contributed by atoms with E-state index < -0.39 is 0 Å². The Labute approximate surface area is 128 Å². The molecule has 0 amide bonds. The van der Waals surface area contributed by atoms with Crippen LogP contribution >= 0.6 is 27.7 Å². The third kappa shape index (κ3) is 5.46. The summed E-state index contributed by atoms with van der Waals surface area (Å²) in [7, 11) is 0. The second-order valence-electron chi connectivity index (χ2n) is 5.55. The minimum atomic E-state index is -0.0982. The summed E-state index contributed by atoms with van der Waals surface area (Å²) in [5, 5.41) is 13.1. The molecule has 1 aliphatic rings. The smallest absolute Gasteiger partial charge is 0.0610 e. The van der Waals surface area contributed by atoms with E-state index in [1.165, 1.54) is 17.7 Å². The molecule has 106 valence electrons. The van der Waals surface area contributed by atoms with E-state index in [9.17, 15) is 5.11 Å². The first-order valence-corrected chi connectivity index (χ1v) is 8.66. The van der Waals surface area contributed by atoms with Crippen molar-refractivity contribution in [3.63, 3.8) is 0 Å². The van der Waals surface area contributed by atoms with Crippen molar-refractivity contribution in [2.75, 3.05) is 12.4 Å². The number of rotatable bonds is 8. The van der Waals surface area contributed by atoms with E-state index in [-0.39, 0.29) is 12.1 Å². The lowest BCUT2D eigenvalue weighted by Gasteiger charge is -2.29. The molecule has 1 aromatic carbocycles. The molecule has 0 spiro atoms. The third-order valence-electron chi connectivity index (χ3n) is 3.42. The molecule has 19 heavy (non-hydrogen) atoms. The molecule has 0 aromatic heterocycles. The molecule has 0 radical (unpaired) electrons. The van der Waals surface area contributed by atoms with Crippen LogP contribution in [0.15, 0.2) is 33.6 Å². The predicted octanol–water partition coefficient (Wildman–Crippen LogP) is 3.82. The molecule has 1 aliphatic carbocycles. The highest BCUT2D eigenvalue weighted by atomic mass is 79.9. The van der Waals surface area contributed by atoms with E-state index in [0.29, 0.717) is 6.04 Å². The zero-order valence-corrected chi connectivity index (χ0v) is 13.8. The topological polar surface area (TPSA) is 32.3 Å². The lowest BCUT2D eigenvalue weighted by Crippen LogP contribution is -2.46. The van der Waals surface area contributed by atoms with Crippen LogP contribution in [0.5, 0.6) is 0 Å². The Hall–Kier alpha value is -0.0300. The molecule has 0 aliphatic heterocycles. The molecule has 0 heterocycles. The maximum atomic E-state index is 9.54. The minimum absolute atomic E-state index is 0.0982. The van der Waals surface area contributed by atoms with Crippen molar-refractivity contribution in [2.24, 2.45) is 0 Å². The van der Waals surface area contributed by atoms with Gasteiger partial charge in [-0.05, 0) is 56.6 Å². The fraction of sp³-hybridized carbons (Fsp3) is 0.600. The lowest BCUT2D eigenvalue weighted by atomic mass is 9.97. The number of nitrogens with one attached hydrogen (secondary N) is 1. The van der Waals surface area contributed by atoms with Gasteiger partial charge in [-0.1, -0.05) is 22.0 Å². The van der Waals surface area contributed by atoms with Crippen LogP contribution in [0.25, 0.3) is 0 Å². The molecule has 2 rings (SSSR count). The van der Waals surface area contributed by atoms with Gasteiger partial charge in [-0.25, -0.2) is 0 Å². The molecule has 1 aromatic rings. The van der Waals surface area contributed by atoms with E-state index in [1.54, 1.807) is 0 Å². The van der Waals surface area contributed by atoms with Crippen LogP contribution in [0.1, 0.15) is 32.6 Å². The maximum Gasteiger partial charge on any atom is 0.0610 e. The van der Waals surface area contributed by atoms with Crippen molar-refractivity contribution in [3.8, 4) is 0 Å². The SMILES string of the molecule is CC(CO)(CCCSc1cccc(Br)c1)NC1CC1. The average Bonchev–Trinajstić information content (AvgIpc) is 3.19. The number of benzene rings is 1. The molecular formula is C15H22BrNOS. The largest absolute Gasteiger partial charge is 0.394 e. The second-order valence-corrected chi connectivity index (χ2v) is 7.63. The summed E-state index contributed by atoms with van der Waals surface area (Å²) in [4.78, 5) is 1.30. The number of thioether (sulfide) groups is 1. The average molecular weight is 344 g/mol. The number of aliphatic hydroxyl groups excluding tert-OH is 1. The van der Waals surface area contributed by atoms with E-state index in [4.69, 9.17) is 0 Å². The second kappa shape index (κ2) is 7.11. The maximum absolute atomic E-state index is 9.54. The Morgan fingerprint density at radius 1 is 1.47 bits per heavy atom. The fourth-order valence-electron chi connectivity index (χ4n) is 2.13. The van der Waals surface area contributed by atoms with E-state index in [0.717, 1.165) is 23.1 Å². The van der Waals surface area contributed by atoms with Crippen LogP contribution in [-0.4, -0.2) is 29.0 Å². The van der Waals surface area contributed by atoms with Crippen LogP contribution in [0, 0.1) is 0 Å². The molecule has 4 heteroatoms. The van der Waals surface area contributed by atoms with Gasteiger partial charge < -0.3 is 10.4 Å². The Bertz CT molecular complexity index is 411. The molecule has 1 unspecified atom stereocenters. The van der Waals surface area contributed by atoms with Gasteiger partial charge in [0.2, 0.25) is 0 Å². The minimum Gasteiger partial charge on any atom is -0.394 e. The summed E-state index contributed by atoms with van der Waals surface area (Å²) < 4.78 is 1.13. The number of hydrogen-bond donors (Lipinski definition) is 2. The molecule has 0 bridgehead atoms. The van der Waals surface area contributed by atoms with Gasteiger partial charge in [0.1, 0.15) is 0 Å². The van der Waals surface area contributed by atoms with Gasteiger partial charge in [0.25, 0.3) is 0 Å². The molecule has 2 N–H and O–H groups in total. The summed E-state index contributed by atoms with van der Waals surface area (Å²) in [6.07, 6.45) is 4.68. The fourth-order valence-corrected chi connectivity index (χ4v) is 3.59. The van der Waals surface area contributed by atoms with Gasteiger partial charge in [-0.15, -0.1) is 11.8 Å². The van der Waals surface area contributed by atoms with Crippen LogP contribution in [0.4, 0.5) is 0 Å². The first kappa shape index (κ1) is 15.4. The van der Waals surface area contributed by atoms with Crippen molar-refractivity contribution in [1.82, 2.24) is 5.32 Å². The van der Waals surface area contributed by atoms with Crippen molar-refractivity contribution in [1.29, 1.82) is 0 Å². The van der Waals surface area contributed by atoms with Crippen molar-refractivity contribution in [2.45, 2.75) is 49.1 Å². The van der Waals surface area contributed by atoms with Crippen LogP contribution < -0.4 is 5.32 Å². The standard InChI is InChI=1S/C15H22BrNOS/c1-15(11-18,17-13-6-7-13)8-3-9-19-14-5-2-4-12(16)10-14/h2,4-5,10,13,17-18H,3,6-9,11H2,1H3. The third-order valence-corrected chi connectivity index (χ3v) is 4.99. The van der Waals surface area contributed by atoms with Gasteiger partial charge in [0.15, 0.2) is 0 Å². The molecule has 1 fully saturated rings. The quantitative estimate of drug-likeness (QED) is 0.555. The molecule has 0 saturated heterocycles. The Morgan fingerprint density at radius 2 is 2.26 bits per heavy atom. The van der Waals surface area contributed by atoms with E-state index in [2.05, 4.69) is 46.4 Å². The number of halogens is 1. The molecular weight excluding hydrogens is 322 g/mol. The van der Waals surface area contributed by atoms with Crippen molar-refractivity contribution in [3.05, 3.63) is 28.7 Å². The Kier molecular flexibility index (Phi) is 5.75. The van der Waals surface area contributed by atoms with Gasteiger partial charge in [-0.3, -0.25) is 0 Å². The van der Waals surface area contributed by atoms with Crippen LogP contribution in [0.2, 0.25) is 0 Å². The zero-order chi connectivity index (χ0) is 13.7. The van der Waals surface area contributed by atoms with E-state index >= 15 is 0 Å². The number of hydrogen-bond acceptors (Lipinski definition) is 3. The number of aliphatic hydroxyl groups is 1. The van der Waals surface area contributed by atoms with Crippen molar-refractivity contribution < 1.29 is 5.11 Å². The first-order chi connectivity index (χ1) is 9.11. The van der Waals surface area contributed by atoms with Gasteiger partial charge >= 0.3 is 0 Å². The zero-order valence-electron chi connectivity index (χ0n) is 11.4. The highest BCUT2D eigenvalue weighted by Crippen LogP contribution is 2.27. The Morgan fingerprint density at radius 3 is 2.89 bits per heavy atom. The molecule has 1 saturated carbocycles. The first-order valence-electron chi connectivity index (χ1n) is 6.88. The molecule has 2 nitrogen and oxygen atoms in total. The predicted molar refractivity (Wildman–Crippen MR) is 85.7 cm³/mol. The van der Waals surface area contributed by atoms with Crippen LogP contribution in [-0.2, 0) is 0 Å². The lowest BCUT2D eigenvalue weighted by molar-refractivity contribution is 0.163. The normalized spacial score (nSPS) is 18.3. The van der Waals surface area contributed by atoms with Crippen LogP contribution in [0.3, 0.4) is 0 Å². The monoisotopic (exact) mass is 343 g/mol. The van der Waals surface area contributed by atoms with E-state index in [1.807, 2.05) is 17.8 Å². The van der Waals surface area contributed by atoms with Gasteiger partial charge in [0.05, 0.1) is 6.61 Å². The van der Waals surface area contributed by atoms with Gasteiger partial charge in [-0.2, -0.15) is 0 Å². The highest BCUT2D eigenvalue weighted by molar-refractivity contribution is 9.10.